The summed E-state index contributed by atoms with van der Waals surface area (Å²) < 4.78 is 10.7. The van der Waals surface area contributed by atoms with Gasteiger partial charge in [-0.3, -0.25) is 0 Å². The van der Waals surface area contributed by atoms with E-state index in [1.807, 2.05) is 34.6 Å². The first-order valence-electron chi connectivity index (χ1n) is 5.31. The van der Waals surface area contributed by atoms with Crippen LogP contribution in [0.4, 0.5) is 4.79 Å². The molecule has 0 aliphatic carbocycles. The van der Waals surface area contributed by atoms with Gasteiger partial charge in [-0.25, -0.2) is 4.79 Å². The van der Waals surface area contributed by atoms with Crippen LogP contribution in [0.15, 0.2) is 0 Å². The molecule has 0 radical (unpaired) electrons. The highest BCUT2D eigenvalue weighted by Gasteiger charge is 2.33. The average molecular weight is 215 g/mol. The summed E-state index contributed by atoms with van der Waals surface area (Å²) in [4.78, 5) is 11.4. The molecule has 15 heavy (non-hydrogen) atoms. The number of ether oxygens (including phenoxy) is 2. The van der Waals surface area contributed by atoms with E-state index in [0.717, 1.165) is 6.42 Å². The van der Waals surface area contributed by atoms with Gasteiger partial charge in [-0.2, -0.15) is 0 Å². The van der Waals surface area contributed by atoms with E-state index < -0.39 is 5.60 Å². The second kappa shape index (κ2) is 4.00. The van der Waals surface area contributed by atoms with Crippen molar-refractivity contribution in [1.29, 1.82) is 0 Å². The lowest BCUT2D eigenvalue weighted by molar-refractivity contribution is 0.0337. The first-order chi connectivity index (χ1) is 6.68. The summed E-state index contributed by atoms with van der Waals surface area (Å²) in [6.45, 7) is 10.1. The van der Waals surface area contributed by atoms with Crippen LogP contribution in [0.2, 0.25) is 0 Å². The molecule has 0 aromatic carbocycles. The Hall–Kier alpha value is -0.770. The van der Waals surface area contributed by atoms with Crippen LogP contribution in [0.1, 0.15) is 41.0 Å². The first-order valence-corrected chi connectivity index (χ1v) is 5.31. The van der Waals surface area contributed by atoms with Crippen molar-refractivity contribution in [2.75, 3.05) is 6.61 Å². The zero-order valence-corrected chi connectivity index (χ0v) is 10.2. The van der Waals surface area contributed by atoms with E-state index in [9.17, 15) is 4.79 Å². The summed E-state index contributed by atoms with van der Waals surface area (Å²) in [5.74, 6) is 0. The summed E-state index contributed by atoms with van der Waals surface area (Å²) in [6.07, 6.45) is 0.459. The number of carbonyl (C=O) groups excluding carboxylic acids is 1. The SMILES string of the molecule is CC(C)(C)OC(=O)NC1COC(C)(C)C1. The molecule has 1 rings (SSSR count). The van der Waals surface area contributed by atoms with E-state index in [1.165, 1.54) is 0 Å². The highest BCUT2D eigenvalue weighted by Crippen LogP contribution is 2.24. The lowest BCUT2D eigenvalue weighted by Gasteiger charge is -2.21. The summed E-state index contributed by atoms with van der Waals surface area (Å²) in [6, 6.07) is 0.0647. The molecule has 1 N–H and O–H groups in total. The Bertz CT molecular complexity index is 243. The van der Waals surface area contributed by atoms with Crippen molar-refractivity contribution in [3.05, 3.63) is 0 Å². The fourth-order valence-electron chi connectivity index (χ4n) is 1.60. The normalized spacial score (nSPS) is 25.0. The van der Waals surface area contributed by atoms with Crippen LogP contribution in [0.25, 0.3) is 0 Å². The Morgan fingerprint density at radius 1 is 1.47 bits per heavy atom. The van der Waals surface area contributed by atoms with E-state index in [1.54, 1.807) is 0 Å². The van der Waals surface area contributed by atoms with Gasteiger partial charge in [-0.05, 0) is 41.0 Å². The summed E-state index contributed by atoms with van der Waals surface area (Å²) in [5, 5.41) is 2.80. The zero-order chi connectivity index (χ0) is 11.7. The van der Waals surface area contributed by atoms with Crippen LogP contribution in [0, 0.1) is 0 Å². The van der Waals surface area contributed by atoms with Gasteiger partial charge in [-0.1, -0.05) is 0 Å². The Labute approximate surface area is 91.3 Å². The van der Waals surface area contributed by atoms with Gasteiger partial charge in [0.05, 0.1) is 18.2 Å². The molecule has 1 amide bonds. The fourth-order valence-corrected chi connectivity index (χ4v) is 1.60. The van der Waals surface area contributed by atoms with Gasteiger partial charge in [0.2, 0.25) is 0 Å². The minimum atomic E-state index is -0.445. The van der Waals surface area contributed by atoms with Gasteiger partial charge in [0.25, 0.3) is 0 Å². The Morgan fingerprint density at radius 2 is 2.07 bits per heavy atom. The Kier molecular flexibility index (Phi) is 3.28. The first kappa shape index (κ1) is 12.3. The molecule has 4 nitrogen and oxygen atoms in total. The maximum absolute atomic E-state index is 11.4. The minimum absolute atomic E-state index is 0.0647. The molecule has 1 aliphatic rings. The predicted molar refractivity (Wildman–Crippen MR) is 57.8 cm³/mol. The number of rotatable bonds is 1. The fraction of sp³-hybridized carbons (Fsp3) is 0.909. The molecule has 1 unspecified atom stereocenters. The van der Waals surface area contributed by atoms with Gasteiger partial charge in [0, 0.05) is 0 Å². The molecule has 0 aromatic rings. The van der Waals surface area contributed by atoms with E-state index >= 15 is 0 Å². The van der Waals surface area contributed by atoms with Crippen molar-refractivity contribution >= 4 is 6.09 Å². The summed E-state index contributed by atoms with van der Waals surface area (Å²) in [7, 11) is 0. The van der Waals surface area contributed by atoms with Crippen molar-refractivity contribution in [2.24, 2.45) is 0 Å². The van der Waals surface area contributed by atoms with E-state index in [4.69, 9.17) is 9.47 Å². The predicted octanol–water partition coefficient (Wildman–Crippen LogP) is 2.08. The third-order valence-electron chi connectivity index (χ3n) is 2.13. The molecule has 1 aliphatic heterocycles. The van der Waals surface area contributed by atoms with Crippen molar-refractivity contribution in [2.45, 2.75) is 58.3 Å². The molecule has 88 valence electrons. The lowest BCUT2D eigenvalue weighted by atomic mass is 10.0. The third kappa shape index (κ3) is 4.51. The minimum Gasteiger partial charge on any atom is -0.444 e. The smallest absolute Gasteiger partial charge is 0.407 e. The monoisotopic (exact) mass is 215 g/mol. The van der Waals surface area contributed by atoms with Crippen LogP contribution in [-0.2, 0) is 9.47 Å². The molecule has 0 saturated carbocycles. The molecular weight excluding hydrogens is 194 g/mol. The number of nitrogens with one attached hydrogen (secondary N) is 1. The second-order valence-electron chi connectivity index (χ2n) is 5.62. The largest absolute Gasteiger partial charge is 0.444 e. The van der Waals surface area contributed by atoms with Gasteiger partial charge >= 0.3 is 6.09 Å². The molecule has 0 bridgehead atoms. The molecule has 0 aromatic heterocycles. The maximum Gasteiger partial charge on any atom is 0.407 e. The van der Waals surface area contributed by atoms with Crippen LogP contribution in [0.5, 0.6) is 0 Å². The average Bonchev–Trinajstić information content (AvgIpc) is 2.25. The topological polar surface area (TPSA) is 47.6 Å². The van der Waals surface area contributed by atoms with Crippen molar-refractivity contribution in [1.82, 2.24) is 5.32 Å². The number of carbonyl (C=O) groups is 1. The molecule has 1 atom stereocenters. The quantitative estimate of drug-likeness (QED) is 0.728. The van der Waals surface area contributed by atoms with E-state index in [0.29, 0.717) is 6.61 Å². The summed E-state index contributed by atoms with van der Waals surface area (Å²) in [5.41, 5.74) is -0.585. The van der Waals surface area contributed by atoms with Gasteiger partial charge in [0.1, 0.15) is 5.60 Å². The highest BCUT2D eigenvalue weighted by molar-refractivity contribution is 5.68. The van der Waals surface area contributed by atoms with Crippen LogP contribution in [-0.4, -0.2) is 29.9 Å². The highest BCUT2D eigenvalue weighted by atomic mass is 16.6. The number of hydrogen-bond donors (Lipinski definition) is 1. The standard InChI is InChI=1S/C11H21NO3/c1-10(2,3)15-9(13)12-8-6-11(4,5)14-7-8/h8H,6-7H2,1-5H3,(H,12,13). The summed E-state index contributed by atoms with van der Waals surface area (Å²) >= 11 is 0. The van der Waals surface area contributed by atoms with Gasteiger partial charge in [-0.15, -0.1) is 0 Å². The lowest BCUT2D eigenvalue weighted by Crippen LogP contribution is -2.39. The number of hydrogen-bond acceptors (Lipinski definition) is 3. The Balaban J connectivity index is 2.34. The van der Waals surface area contributed by atoms with Gasteiger partial charge in [0.15, 0.2) is 0 Å². The molecule has 4 heteroatoms. The van der Waals surface area contributed by atoms with E-state index in [2.05, 4.69) is 5.32 Å². The van der Waals surface area contributed by atoms with Crippen molar-refractivity contribution in [3.63, 3.8) is 0 Å². The van der Waals surface area contributed by atoms with Crippen LogP contribution >= 0.6 is 0 Å². The number of amides is 1. The molecular formula is C11H21NO3. The molecule has 1 saturated heterocycles. The van der Waals surface area contributed by atoms with Gasteiger partial charge < -0.3 is 14.8 Å². The molecule has 1 fully saturated rings. The maximum atomic E-state index is 11.4. The van der Waals surface area contributed by atoms with Crippen molar-refractivity contribution < 1.29 is 14.3 Å². The molecule has 0 spiro atoms. The van der Waals surface area contributed by atoms with Crippen LogP contribution in [0.3, 0.4) is 0 Å². The Morgan fingerprint density at radius 3 is 2.47 bits per heavy atom. The zero-order valence-electron chi connectivity index (χ0n) is 10.2. The second-order valence-corrected chi connectivity index (χ2v) is 5.62. The van der Waals surface area contributed by atoms with Crippen molar-refractivity contribution in [3.8, 4) is 0 Å². The molecule has 1 heterocycles. The third-order valence-corrected chi connectivity index (χ3v) is 2.13. The van der Waals surface area contributed by atoms with E-state index in [-0.39, 0.29) is 17.7 Å². The van der Waals surface area contributed by atoms with Crippen LogP contribution < -0.4 is 5.32 Å². The number of alkyl carbamates (subject to hydrolysis) is 1.